The van der Waals surface area contributed by atoms with Gasteiger partial charge in [0.2, 0.25) is 6.79 Å². The summed E-state index contributed by atoms with van der Waals surface area (Å²) in [4.78, 5) is 31.6. The van der Waals surface area contributed by atoms with Crippen molar-refractivity contribution in [3.63, 3.8) is 0 Å². The molecule has 0 saturated carbocycles. The number of carbonyl (C=O) groups is 2. The molecule has 3 amide bonds. The first-order valence-electron chi connectivity index (χ1n) is 15.9. The van der Waals surface area contributed by atoms with Gasteiger partial charge >= 0.3 is 12.2 Å². The van der Waals surface area contributed by atoms with E-state index >= 15 is 0 Å². The third-order valence-corrected chi connectivity index (χ3v) is 8.93. The average Bonchev–Trinajstić information content (AvgIpc) is 3.66. The Morgan fingerprint density at radius 1 is 0.918 bits per heavy atom. The van der Waals surface area contributed by atoms with E-state index in [0.717, 1.165) is 22.8 Å². The SMILES string of the molecule is CC1(c2ccc3c(c2)OCO3)NC(=O)N(CCCCOc2ccc(-c3c(Cc4ccccc4)cnc4c(C(F)(F)F)cccc34)cc2)C1=O. The predicted octanol–water partition coefficient (Wildman–Crippen LogP) is 7.87. The maximum atomic E-state index is 13.9. The number of ether oxygens (including phenoxy) is 3. The lowest BCUT2D eigenvalue weighted by Gasteiger charge is -2.22. The van der Waals surface area contributed by atoms with Crippen LogP contribution < -0.4 is 19.5 Å². The second kappa shape index (κ2) is 12.8. The van der Waals surface area contributed by atoms with Gasteiger partial charge in [0.15, 0.2) is 11.5 Å². The van der Waals surface area contributed by atoms with Gasteiger partial charge in [-0.2, -0.15) is 13.2 Å². The summed E-state index contributed by atoms with van der Waals surface area (Å²) in [5, 5.41) is 3.24. The zero-order valence-corrected chi connectivity index (χ0v) is 26.5. The summed E-state index contributed by atoms with van der Waals surface area (Å²) in [6.45, 7) is 2.35. The Hall–Kier alpha value is -5.58. The second-order valence-corrected chi connectivity index (χ2v) is 12.2. The molecule has 1 saturated heterocycles. The molecule has 1 aromatic heterocycles. The number of amides is 3. The van der Waals surface area contributed by atoms with Crippen molar-refractivity contribution in [3.05, 3.63) is 119 Å². The molecule has 11 heteroatoms. The number of nitrogens with zero attached hydrogens (tertiary/aromatic N) is 2. The van der Waals surface area contributed by atoms with Gasteiger partial charge in [-0.25, -0.2) is 4.79 Å². The first-order valence-corrected chi connectivity index (χ1v) is 15.9. The van der Waals surface area contributed by atoms with Crippen LogP contribution in [0.1, 0.15) is 42.0 Å². The lowest BCUT2D eigenvalue weighted by Crippen LogP contribution is -2.41. The number of pyridine rings is 1. The minimum Gasteiger partial charge on any atom is -0.494 e. The molecule has 4 aromatic carbocycles. The Bertz CT molecular complexity index is 2040. The molecule has 0 aliphatic carbocycles. The van der Waals surface area contributed by atoms with E-state index in [0.29, 0.717) is 59.6 Å². The highest BCUT2D eigenvalue weighted by Crippen LogP contribution is 2.40. The van der Waals surface area contributed by atoms with Crippen LogP contribution in [-0.2, 0) is 22.9 Å². The molecule has 0 bridgehead atoms. The number of halogens is 3. The van der Waals surface area contributed by atoms with Gasteiger partial charge in [-0.3, -0.25) is 14.7 Å². The zero-order valence-electron chi connectivity index (χ0n) is 26.5. The summed E-state index contributed by atoms with van der Waals surface area (Å²) in [5.41, 5.74) is 1.78. The Morgan fingerprint density at radius 3 is 2.47 bits per heavy atom. The average molecular weight is 668 g/mol. The molecule has 0 radical (unpaired) electrons. The number of benzene rings is 4. The fraction of sp³-hybridized carbons (Fsp3) is 0.237. The van der Waals surface area contributed by atoms with Crippen LogP contribution in [0, 0.1) is 0 Å². The molecular formula is C38H32F3N3O5. The lowest BCUT2D eigenvalue weighted by atomic mass is 9.91. The van der Waals surface area contributed by atoms with Crippen LogP contribution in [0.15, 0.2) is 97.2 Å². The first kappa shape index (κ1) is 32.0. The number of fused-ring (bicyclic) bond motifs is 2. The third kappa shape index (κ3) is 6.24. The van der Waals surface area contributed by atoms with Crippen molar-refractivity contribution in [3.8, 4) is 28.4 Å². The highest BCUT2D eigenvalue weighted by atomic mass is 19.4. The largest absolute Gasteiger partial charge is 0.494 e. The van der Waals surface area contributed by atoms with E-state index in [4.69, 9.17) is 14.2 Å². The first-order chi connectivity index (χ1) is 23.6. The number of nitrogens with one attached hydrogen (secondary N) is 1. The van der Waals surface area contributed by atoms with Crippen molar-refractivity contribution in [2.24, 2.45) is 0 Å². The topological polar surface area (TPSA) is 90.0 Å². The molecule has 8 nitrogen and oxygen atoms in total. The van der Waals surface area contributed by atoms with E-state index in [1.807, 2.05) is 42.5 Å². The number of hydrogen-bond donors (Lipinski definition) is 1. The van der Waals surface area contributed by atoms with E-state index in [-0.39, 0.29) is 24.8 Å². The van der Waals surface area contributed by atoms with Crippen LogP contribution in [0.4, 0.5) is 18.0 Å². The van der Waals surface area contributed by atoms with Gasteiger partial charge < -0.3 is 19.5 Å². The molecule has 1 N–H and O–H groups in total. The number of aromatic nitrogens is 1. The van der Waals surface area contributed by atoms with Crippen LogP contribution in [0.5, 0.6) is 17.2 Å². The van der Waals surface area contributed by atoms with E-state index in [2.05, 4.69) is 10.3 Å². The third-order valence-electron chi connectivity index (χ3n) is 8.93. The van der Waals surface area contributed by atoms with Gasteiger partial charge in [0.25, 0.3) is 5.91 Å². The Labute approximate surface area is 280 Å². The number of para-hydroxylation sites is 1. The summed E-state index contributed by atoms with van der Waals surface area (Å²) in [6.07, 6.45) is -1.40. The van der Waals surface area contributed by atoms with Crippen LogP contribution >= 0.6 is 0 Å². The summed E-state index contributed by atoms with van der Waals surface area (Å²) < 4.78 is 58.4. The minimum absolute atomic E-state index is 0.0940. The maximum absolute atomic E-state index is 13.9. The monoisotopic (exact) mass is 667 g/mol. The van der Waals surface area contributed by atoms with Gasteiger partial charge in [-0.05, 0) is 84.3 Å². The molecular weight excluding hydrogens is 635 g/mol. The molecule has 2 aliphatic heterocycles. The Morgan fingerprint density at radius 2 is 1.69 bits per heavy atom. The summed E-state index contributed by atoms with van der Waals surface area (Å²) in [5.74, 6) is 1.37. The van der Waals surface area contributed by atoms with Gasteiger partial charge in [0, 0.05) is 18.1 Å². The summed E-state index contributed by atoms with van der Waals surface area (Å²) in [7, 11) is 0. The highest BCUT2D eigenvalue weighted by Gasteiger charge is 2.49. The fourth-order valence-electron chi connectivity index (χ4n) is 6.37. The van der Waals surface area contributed by atoms with Crippen molar-refractivity contribution in [2.75, 3.05) is 19.9 Å². The summed E-state index contributed by atoms with van der Waals surface area (Å²) >= 11 is 0. The molecule has 7 rings (SSSR count). The van der Waals surface area contributed by atoms with Gasteiger partial charge in [0.1, 0.15) is 11.3 Å². The number of carbonyl (C=O) groups excluding carboxylic acids is 2. The lowest BCUT2D eigenvalue weighted by molar-refractivity contribution is -0.136. The number of alkyl halides is 3. The van der Waals surface area contributed by atoms with Gasteiger partial charge in [-0.15, -0.1) is 0 Å². The van der Waals surface area contributed by atoms with Crippen LogP contribution in [0.2, 0.25) is 0 Å². The molecule has 49 heavy (non-hydrogen) atoms. The standard InChI is InChI=1S/C38H32F3N3O5/c1-37(27-14-17-31-32(21-27)49-23-48-31)35(45)44(36(46)43-37)18-5-6-19-47-28-15-12-25(13-16-28)33-26(20-24-8-3-2-4-9-24)22-42-34-29(33)10-7-11-30(34)38(39,40)41/h2-4,7-17,21-22H,5-6,18-20,23H2,1H3,(H,43,46). The molecule has 1 atom stereocenters. The maximum Gasteiger partial charge on any atom is 0.418 e. The minimum atomic E-state index is -4.54. The van der Waals surface area contributed by atoms with E-state index < -0.39 is 23.3 Å². The Balaban J connectivity index is 1.01. The van der Waals surface area contributed by atoms with E-state index in [1.165, 1.54) is 17.2 Å². The molecule has 3 heterocycles. The Kier molecular flexibility index (Phi) is 8.35. The number of rotatable bonds is 10. The van der Waals surface area contributed by atoms with Gasteiger partial charge in [-0.1, -0.05) is 60.7 Å². The molecule has 1 unspecified atom stereocenters. The van der Waals surface area contributed by atoms with E-state index in [9.17, 15) is 22.8 Å². The number of unbranched alkanes of at least 4 members (excludes halogenated alkanes) is 1. The zero-order chi connectivity index (χ0) is 34.2. The molecule has 250 valence electrons. The van der Waals surface area contributed by atoms with E-state index in [1.54, 1.807) is 43.3 Å². The number of imide groups is 1. The highest BCUT2D eigenvalue weighted by molar-refractivity contribution is 6.07. The van der Waals surface area contributed by atoms with Crippen LogP contribution in [-0.4, -0.2) is 41.8 Å². The van der Waals surface area contributed by atoms with Crippen molar-refractivity contribution in [1.82, 2.24) is 15.2 Å². The quantitative estimate of drug-likeness (QED) is 0.121. The second-order valence-electron chi connectivity index (χ2n) is 12.2. The molecule has 5 aromatic rings. The number of urea groups is 1. The predicted molar refractivity (Wildman–Crippen MR) is 176 cm³/mol. The van der Waals surface area contributed by atoms with Crippen molar-refractivity contribution in [2.45, 2.75) is 37.9 Å². The van der Waals surface area contributed by atoms with Crippen molar-refractivity contribution in [1.29, 1.82) is 0 Å². The van der Waals surface area contributed by atoms with Crippen molar-refractivity contribution < 1.29 is 37.0 Å². The fourth-order valence-corrected chi connectivity index (χ4v) is 6.37. The molecule has 2 aliphatic rings. The smallest absolute Gasteiger partial charge is 0.418 e. The molecule has 0 spiro atoms. The molecule has 1 fully saturated rings. The normalized spacial score (nSPS) is 17.1. The van der Waals surface area contributed by atoms with Crippen LogP contribution in [0.3, 0.4) is 0 Å². The summed E-state index contributed by atoms with van der Waals surface area (Å²) in [6, 6.07) is 25.8. The van der Waals surface area contributed by atoms with Crippen LogP contribution in [0.25, 0.3) is 22.0 Å². The van der Waals surface area contributed by atoms with Crippen molar-refractivity contribution >= 4 is 22.8 Å². The number of hydrogen-bond acceptors (Lipinski definition) is 6. The van der Waals surface area contributed by atoms with Gasteiger partial charge in [0.05, 0.1) is 17.7 Å².